The zero-order chi connectivity index (χ0) is 17.1. The van der Waals surface area contributed by atoms with E-state index in [9.17, 15) is 13.6 Å². The van der Waals surface area contributed by atoms with Gasteiger partial charge in [0.2, 0.25) is 0 Å². The van der Waals surface area contributed by atoms with E-state index in [4.69, 9.17) is 0 Å². The maximum atomic E-state index is 12.4. The molecule has 1 aliphatic heterocycles. The van der Waals surface area contributed by atoms with E-state index < -0.39 is 6.61 Å². The van der Waals surface area contributed by atoms with Crippen LogP contribution in [0.3, 0.4) is 0 Å². The molecule has 1 unspecified atom stereocenters. The molecule has 25 heavy (non-hydrogen) atoms. The molecule has 1 aliphatic rings. The van der Waals surface area contributed by atoms with Crippen LogP contribution in [-0.4, -0.2) is 19.1 Å². The highest BCUT2D eigenvalue weighted by Crippen LogP contribution is 2.24. The maximum Gasteiger partial charge on any atom is 0.387 e. The van der Waals surface area contributed by atoms with Crippen molar-refractivity contribution in [2.45, 2.75) is 26.0 Å². The third kappa shape index (κ3) is 4.60. The Kier molecular flexibility index (Phi) is 6.20. The van der Waals surface area contributed by atoms with Gasteiger partial charge in [0.25, 0.3) is 5.91 Å². The van der Waals surface area contributed by atoms with Gasteiger partial charge in [0.15, 0.2) is 0 Å². The fraction of sp³-hybridized carbons (Fsp3) is 0.278. The first-order valence-corrected chi connectivity index (χ1v) is 7.75. The van der Waals surface area contributed by atoms with Crippen molar-refractivity contribution in [3.8, 4) is 5.75 Å². The number of carbonyl (C=O) groups excluding carboxylic acids is 1. The van der Waals surface area contributed by atoms with Crippen LogP contribution in [-0.2, 0) is 6.42 Å². The zero-order valence-corrected chi connectivity index (χ0v) is 14.4. The summed E-state index contributed by atoms with van der Waals surface area (Å²) < 4.78 is 29.0. The summed E-state index contributed by atoms with van der Waals surface area (Å²) in [7, 11) is 0. The average Bonchev–Trinajstić information content (AvgIpc) is 3.02. The molecule has 1 amide bonds. The van der Waals surface area contributed by atoms with Crippen LogP contribution in [0.4, 0.5) is 14.5 Å². The third-order valence-electron chi connectivity index (χ3n) is 4.01. The van der Waals surface area contributed by atoms with Gasteiger partial charge in [-0.2, -0.15) is 8.78 Å². The maximum absolute atomic E-state index is 12.4. The molecular weight excluding hydrogens is 350 g/mol. The SMILES string of the molecule is CC(NC(=O)c1ccc2c(c1)CCN2)c1cccc(OC(F)F)c1.Cl. The molecule has 0 spiro atoms. The van der Waals surface area contributed by atoms with Crippen LogP contribution in [0.2, 0.25) is 0 Å². The number of carbonyl (C=O) groups is 1. The Morgan fingerprint density at radius 2 is 2.04 bits per heavy atom. The first-order valence-electron chi connectivity index (χ1n) is 7.75. The lowest BCUT2D eigenvalue weighted by atomic mass is 10.1. The summed E-state index contributed by atoms with van der Waals surface area (Å²) in [4.78, 5) is 12.4. The van der Waals surface area contributed by atoms with Gasteiger partial charge in [0.1, 0.15) is 5.75 Å². The second-order valence-electron chi connectivity index (χ2n) is 5.69. The molecule has 134 valence electrons. The Hall–Kier alpha value is -2.34. The van der Waals surface area contributed by atoms with E-state index in [1.165, 1.54) is 12.1 Å². The van der Waals surface area contributed by atoms with Crippen molar-refractivity contribution < 1.29 is 18.3 Å². The van der Waals surface area contributed by atoms with E-state index in [1.807, 2.05) is 12.1 Å². The molecule has 2 aromatic carbocycles. The molecule has 0 fully saturated rings. The molecule has 1 heterocycles. The number of halogens is 3. The molecule has 0 aliphatic carbocycles. The normalized spacial score (nSPS) is 13.4. The average molecular weight is 369 g/mol. The van der Waals surface area contributed by atoms with Crippen molar-refractivity contribution in [1.82, 2.24) is 5.32 Å². The Balaban J connectivity index is 0.00000225. The smallest absolute Gasteiger partial charge is 0.387 e. The molecule has 2 aromatic rings. The third-order valence-corrected chi connectivity index (χ3v) is 4.01. The number of hydrogen-bond acceptors (Lipinski definition) is 3. The molecule has 2 N–H and O–H groups in total. The summed E-state index contributed by atoms with van der Waals surface area (Å²) in [5.41, 5.74) is 3.48. The van der Waals surface area contributed by atoms with Gasteiger partial charge in [0, 0.05) is 17.8 Å². The van der Waals surface area contributed by atoms with Crippen molar-refractivity contribution >= 4 is 24.0 Å². The second kappa shape index (κ2) is 8.16. The number of rotatable bonds is 5. The van der Waals surface area contributed by atoms with E-state index in [1.54, 1.807) is 25.1 Å². The van der Waals surface area contributed by atoms with Gasteiger partial charge >= 0.3 is 6.61 Å². The van der Waals surface area contributed by atoms with Gasteiger partial charge in [-0.05, 0) is 54.8 Å². The molecular formula is C18H19ClF2N2O2. The summed E-state index contributed by atoms with van der Waals surface area (Å²) in [6.07, 6.45) is 0.902. The second-order valence-corrected chi connectivity index (χ2v) is 5.69. The molecule has 3 rings (SSSR count). The van der Waals surface area contributed by atoms with Crippen LogP contribution in [0, 0.1) is 0 Å². The number of hydrogen-bond donors (Lipinski definition) is 2. The highest BCUT2D eigenvalue weighted by molar-refractivity contribution is 5.95. The van der Waals surface area contributed by atoms with Crippen molar-refractivity contribution in [1.29, 1.82) is 0 Å². The predicted molar refractivity (Wildman–Crippen MR) is 94.8 cm³/mol. The minimum absolute atomic E-state index is 0. The topological polar surface area (TPSA) is 50.4 Å². The lowest BCUT2D eigenvalue weighted by molar-refractivity contribution is -0.0499. The predicted octanol–water partition coefficient (Wildman–Crippen LogP) is 4.17. The number of anilines is 1. The molecule has 0 saturated carbocycles. The monoisotopic (exact) mass is 368 g/mol. The van der Waals surface area contributed by atoms with Gasteiger partial charge in [-0.25, -0.2) is 0 Å². The minimum atomic E-state index is -2.87. The largest absolute Gasteiger partial charge is 0.435 e. The van der Waals surface area contributed by atoms with Gasteiger partial charge in [-0.3, -0.25) is 4.79 Å². The van der Waals surface area contributed by atoms with Crippen LogP contribution >= 0.6 is 12.4 Å². The fourth-order valence-electron chi connectivity index (χ4n) is 2.77. The van der Waals surface area contributed by atoms with Crippen molar-refractivity contribution in [3.63, 3.8) is 0 Å². The number of amides is 1. The molecule has 4 nitrogen and oxygen atoms in total. The Bertz CT molecular complexity index is 756. The van der Waals surface area contributed by atoms with E-state index >= 15 is 0 Å². The van der Waals surface area contributed by atoms with Gasteiger partial charge in [-0.1, -0.05) is 12.1 Å². The number of benzene rings is 2. The lowest BCUT2D eigenvalue weighted by Crippen LogP contribution is -2.26. The first kappa shape index (κ1) is 19.0. The van der Waals surface area contributed by atoms with Crippen molar-refractivity contribution in [2.75, 3.05) is 11.9 Å². The molecule has 0 radical (unpaired) electrons. The van der Waals surface area contributed by atoms with E-state index in [0.717, 1.165) is 24.2 Å². The summed E-state index contributed by atoms with van der Waals surface area (Å²) in [5, 5.41) is 6.13. The molecule has 1 atom stereocenters. The highest BCUT2D eigenvalue weighted by Gasteiger charge is 2.16. The number of ether oxygens (including phenoxy) is 1. The van der Waals surface area contributed by atoms with Crippen LogP contribution in [0.5, 0.6) is 5.75 Å². The van der Waals surface area contributed by atoms with Crippen LogP contribution < -0.4 is 15.4 Å². The Morgan fingerprint density at radius 3 is 2.80 bits per heavy atom. The van der Waals surface area contributed by atoms with Crippen LogP contribution in [0.15, 0.2) is 42.5 Å². The fourth-order valence-corrected chi connectivity index (χ4v) is 2.77. The molecule has 0 saturated heterocycles. The van der Waals surface area contributed by atoms with Crippen molar-refractivity contribution in [3.05, 3.63) is 59.2 Å². The van der Waals surface area contributed by atoms with Gasteiger partial charge < -0.3 is 15.4 Å². The summed E-state index contributed by atoms with van der Waals surface area (Å²) >= 11 is 0. The molecule has 0 bridgehead atoms. The number of fused-ring (bicyclic) bond motifs is 1. The summed E-state index contributed by atoms with van der Waals surface area (Å²) in [6.45, 7) is -0.188. The highest BCUT2D eigenvalue weighted by atomic mass is 35.5. The Labute approximate surface area is 151 Å². The number of nitrogens with one attached hydrogen (secondary N) is 2. The minimum Gasteiger partial charge on any atom is -0.435 e. The summed E-state index contributed by atoms with van der Waals surface area (Å²) in [5.74, 6) is -0.121. The first-order chi connectivity index (χ1) is 11.5. The van der Waals surface area contributed by atoms with Crippen molar-refractivity contribution in [2.24, 2.45) is 0 Å². The Morgan fingerprint density at radius 1 is 1.24 bits per heavy atom. The van der Waals surface area contributed by atoms with E-state index in [2.05, 4.69) is 15.4 Å². The molecule has 0 aromatic heterocycles. The quantitative estimate of drug-likeness (QED) is 0.832. The van der Waals surface area contributed by atoms with Crippen LogP contribution in [0.1, 0.15) is 34.5 Å². The standard InChI is InChI=1S/C18H18F2N2O2.ClH/c1-11(12-3-2-4-15(10-12)24-18(19)20)22-17(23)14-5-6-16-13(9-14)7-8-21-16;/h2-6,9-11,18,21H,7-8H2,1H3,(H,22,23);1H. The van der Waals surface area contributed by atoms with Crippen LogP contribution in [0.25, 0.3) is 0 Å². The zero-order valence-electron chi connectivity index (χ0n) is 13.6. The van der Waals surface area contributed by atoms with Gasteiger partial charge in [-0.15, -0.1) is 12.4 Å². The lowest BCUT2D eigenvalue weighted by Gasteiger charge is -2.16. The van der Waals surface area contributed by atoms with E-state index in [0.29, 0.717) is 11.1 Å². The molecule has 7 heteroatoms. The van der Waals surface area contributed by atoms with Gasteiger partial charge in [0.05, 0.1) is 6.04 Å². The summed E-state index contributed by atoms with van der Waals surface area (Å²) in [6, 6.07) is 11.6. The van der Waals surface area contributed by atoms with E-state index in [-0.39, 0.29) is 30.1 Å². The number of alkyl halides is 2.